The van der Waals surface area contributed by atoms with Gasteiger partial charge >= 0.3 is 0 Å². The van der Waals surface area contributed by atoms with Crippen LogP contribution in [0.5, 0.6) is 0 Å². The molecule has 0 unspecified atom stereocenters. The van der Waals surface area contributed by atoms with Crippen LogP contribution in [-0.2, 0) is 0 Å². The predicted molar refractivity (Wildman–Crippen MR) is 90.3 cm³/mol. The van der Waals surface area contributed by atoms with Gasteiger partial charge in [0.1, 0.15) is 34.9 Å². The molecule has 2 rings (SSSR count). The molecule has 0 radical (unpaired) electrons. The lowest BCUT2D eigenvalue weighted by molar-refractivity contribution is 0.311. The number of anilines is 2. The maximum absolute atomic E-state index is 9.58. The van der Waals surface area contributed by atoms with Gasteiger partial charge in [-0.05, 0) is 5.56 Å². The maximum atomic E-state index is 9.58. The Morgan fingerprint density at radius 1 is 0.875 bits per heavy atom. The van der Waals surface area contributed by atoms with Crippen LogP contribution in [0, 0.1) is 22.7 Å². The molecule has 4 N–H and O–H groups in total. The molecule has 1 aromatic carbocycles. The van der Waals surface area contributed by atoms with Gasteiger partial charge in [0, 0.05) is 18.7 Å². The third-order valence-corrected chi connectivity index (χ3v) is 3.29. The summed E-state index contributed by atoms with van der Waals surface area (Å²) < 4.78 is 0. The van der Waals surface area contributed by atoms with Crippen molar-refractivity contribution >= 4 is 11.6 Å². The lowest BCUT2D eigenvalue weighted by Crippen LogP contribution is -2.14. The monoisotopic (exact) mass is 323 g/mol. The van der Waals surface area contributed by atoms with Crippen molar-refractivity contribution in [2.45, 2.75) is 0 Å². The van der Waals surface area contributed by atoms with Crippen molar-refractivity contribution in [2.75, 3.05) is 36.9 Å². The number of nitriles is 2. The molecule has 0 saturated carbocycles. The van der Waals surface area contributed by atoms with Crippen LogP contribution in [0.3, 0.4) is 0 Å². The van der Waals surface area contributed by atoms with Gasteiger partial charge in [-0.3, -0.25) is 0 Å². The lowest BCUT2D eigenvalue weighted by Gasteiger charge is -2.16. The van der Waals surface area contributed by atoms with Crippen LogP contribution in [0.1, 0.15) is 11.1 Å². The largest absolute Gasteiger partial charge is 0.395 e. The van der Waals surface area contributed by atoms with Gasteiger partial charge < -0.3 is 20.8 Å². The molecule has 0 saturated heterocycles. The molecule has 24 heavy (non-hydrogen) atoms. The first-order valence-electron chi connectivity index (χ1n) is 7.39. The number of hydrogen-bond acceptors (Lipinski definition) is 7. The van der Waals surface area contributed by atoms with Gasteiger partial charge in [-0.2, -0.15) is 10.5 Å². The Bertz CT molecular complexity index is 734. The highest BCUT2D eigenvalue weighted by molar-refractivity contribution is 5.85. The van der Waals surface area contributed by atoms with Gasteiger partial charge in [-0.25, -0.2) is 4.98 Å². The third kappa shape index (κ3) is 3.61. The molecule has 0 atom stereocenters. The molecule has 1 heterocycles. The van der Waals surface area contributed by atoms with Crippen LogP contribution < -0.4 is 10.6 Å². The number of nitrogens with zero attached hydrogens (tertiary/aromatic N) is 3. The number of aromatic nitrogens is 1. The number of hydrogen-bond donors (Lipinski definition) is 4. The van der Waals surface area contributed by atoms with E-state index in [2.05, 4.69) is 27.8 Å². The molecule has 0 aliphatic carbocycles. The fourth-order valence-corrected chi connectivity index (χ4v) is 2.30. The zero-order valence-corrected chi connectivity index (χ0v) is 13.0. The molecule has 0 fully saturated rings. The average Bonchev–Trinajstić information content (AvgIpc) is 2.64. The minimum absolute atomic E-state index is 0.118. The number of rotatable bonds is 7. The van der Waals surface area contributed by atoms with E-state index in [-0.39, 0.29) is 49.1 Å². The van der Waals surface area contributed by atoms with Gasteiger partial charge in [-0.1, -0.05) is 30.3 Å². The lowest BCUT2D eigenvalue weighted by atomic mass is 9.96. The minimum atomic E-state index is -0.118. The van der Waals surface area contributed by atoms with Crippen LogP contribution >= 0.6 is 0 Å². The Hall–Kier alpha value is -3.13. The zero-order valence-electron chi connectivity index (χ0n) is 13.0. The molecule has 1 aromatic heterocycles. The number of nitrogens with one attached hydrogen (secondary N) is 2. The summed E-state index contributed by atoms with van der Waals surface area (Å²) in [5.41, 5.74) is 1.66. The van der Waals surface area contributed by atoms with Crippen molar-refractivity contribution in [3.63, 3.8) is 0 Å². The first kappa shape index (κ1) is 17.2. The van der Waals surface area contributed by atoms with Crippen molar-refractivity contribution in [1.82, 2.24) is 4.98 Å². The second-order valence-corrected chi connectivity index (χ2v) is 4.82. The van der Waals surface area contributed by atoms with E-state index in [1.165, 1.54) is 0 Å². The predicted octanol–water partition coefficient (Wildman–Crippen LogP) is 1.30. The van der Waals surface area contributed by atoms with Crippen LogP contribution in [0.15, 0.2) is 30.3 Å². The van der Waals surface area contributed by atoms with Gasteiger partial charge in [0.25, 0.3) is 0 Å². The Morgan fingerprint density at radius 2 is 1.38 bits per heavy atom. The fraction of sp³-hybridized carbons (Fsp3) is 0.235. The van der Waals surface area contributed by atoms with Crippen molar-refractivity contribution < 1.29 is 10.2 Å². The van der Waals surface area contributed by atoms with E-state index in [0.717, 1.165) is 0 Å². The van der Waals surface area contributed by atoms with E-state index < -0.39 is 0 Å². The summed E-state index contributed by atoms with van der Waals surface area (Å²) in [5, 5.41) is 43.0. The van der Waals surface area contributed by atoms with E-state index in [1.54, 1.807) is 0 Å². The SMILES string of the molecule is N#Cc1c(NCCO)nc(NCCO)c(C#N)c1-c1ccccc1. The first-order valence-corrected chi connectivity index (χ1v) is 7.39. The summed E-state index contributed by atoms with van der Waals surface area (Å²) in [6.45, 7) is 0.210. The van der Waals surface area contributed by atoms with E-state index >= 15 is 0 Å². The third-order valence-electron chi connectivity index (χ3n) is 3.29. The second-order valence-electron chi connectivity index (χ2n) is 4.82. The highest BCUT2D eigenvalue weighted by Gasteiger charge is 2.21. The van der Waals surface area contributed by atoms with Gasteiger partial charge in [0.05, 0.1) is 13.2 Å². The van der Waals surface area contributed by atoms with Gasteiger partial charge in [-0.15, -0.1) is 0 Å². The Kier molecular flexibility index (Phi) is 6.09. The Morgan fingerprint density at radius 3 is 1.79 bits per heavy atom. The highest BCUT2D eigenvalue weighted by Crippen LogP contribution is 2.34. The van der Waals surface area contributed by atoms with Crippen molar-refractivity contribution in [3.8, 4) is 23.3 Å². The van der Waals surface area contributed by atoms with Crippen LogP contribution in [0.4, 0.5) is 11.6 Å². The molecule has 0 spiro atoms. The van der Waals surface area contributed by atoms with Crippen LogP contribution in [0.2, 0.25) is 0 Å². The molecule has 122 valence electrons. The molecule has 2 aromatic rings. The molecule has 0 aliphatic heterocycles. The van der Waals surface area contributed by atoms with Crippen molar-refractivity contribution in [3.05, 3.63) is 41.5 Å². The van der Waals surface area contributed by atoms with Crippen LogP contribution in [0.25, 0.3) is 11.1 Å². The van der Waals surface area contributed by atoms with E-state index in [9.17, 15) is 10.5 Å². The quantitative estimate of drug-likeness (QED) is 0.605. The zero-order chi connectivity index (χ0) is 17.4. The second kappa shape index (κ2) is 8.49. The molecule has 0 aliphatic rings. The fourth-order valence-electron chi connectivity index (χ4n) is 2.30. The standard InChI is InChI=1S/C17H17N5O2/c18-10-13-15(12-4-2-1-3-5-12)14(11-19)17(21-7-9-24)22-16(13)20-6-8-23/h1-5,23-24H,6-9H2,(H2,20,21,22). The summed E-state index contributed by atoms with van der Waals surface area (Å²) >= 11 is 0. The summed E-state index contributed by atoms with van der Waals surface area (Å²) in [6, 6.07) is 13.3. The smallest absolute Gasteiger partial charge is 0.147 e. The summed E-state index contributed by atoms with van der Waals surface area (Å²) in [4.78, 5) is 4.29. The Balaban J connectivity index is 2.72. The Labute approximate surface area is 139 Å². The molecular weight excluding hydrogens is 306 g/mol. The minimum Gasteiger partial charge on any atom is -0.395 e. The summed E-state index contributed by atoms with van der Waals surface area (Å²) in [7, 11) is 0. The maximum Gasteiger partial charge on any atom is 0.147 e. The average molecular weight is 323 g/mol. The number of aliphatic hydroxyl groups is 2. The summed E-state index contributed by atoms with van der Waals surface area (Å²) in [5.74, 6) is 0.565. The first-order chi connectivity index (χ1) is 11.8. The molecule has 0 bridgehead atoms. The van der Waals surface area contributed by atoms with E-state index in [4.69, 9.17) is 10.2 Å². The number of benzene rings is 1. The summed E-state index contributed by atoms with van der Waals surface area (Å²) in [6.07, 6.45) is 0. The molecule has 0 amide bonds. The number of aliphatic hydroxyl groups excluding tert-OH is 2. The van der Waals surface area contributed by atoms with Gasteiger partial charge in [0.15, 0.2) is 0 Å². The molecule has 7 nitrogen and oxygen atoms in total. The normalized spacial score (nSPS) is 9.83. The molecular formula is C17H17N5O2. The number of pyridine rings is 1. The van der Waals surface area contributed by atoms with Gasteiger partial charge in [0.2, 0.25) is 0 Å². The van der Waals surface area contributed by atoms with Crippen LogP contribution in [-0.4, -0.2) is 41.5 Å². The highest BCUT2D eigenvalue weighted by atomic mass is 16.3. The van der Waals surface area contributed by atoms with Crippen molar-refractivity contribution in [1.29, 1.82) is 10.5 Å². The van der Waals surface area contributed by atoms with E-state index in [0.29, 0.717) is 11.1 Å². The molecule has 7 heteroatoms. The topological polar surface area (TPSA) is 125 Å². The van der Waals surface area contributed by atoms with Crippen molar-refractivity contribution in [2.24, 2.45) is 0 Å². The van der Waals surface area contributed by atoms with E-state index in [1.807, 2.05) is 30.3 Å².